The lowest BCUT2D eigenvalue weighted by Gasteiger charge is -2.40. The molecule has 2 amide bonds. The summed E-state index contributed by atoms with van der Waals surface area (Å²) in [5.74, 6) is -0.458. The Labute approximate surface area is 152 Å². The number of hydrogen-bond acceptors (Lipinski definition) is 2. The second-order valence-electron chi connectivity index (χ2n) is 6.29. The van der Waals surface area contributed by atoms with Gasteiger partial charge in [-0.1, -0.05) is 48.0 Å². The molecule has 25 heavy (non-hydrogen) atoms. The van der Waals surface area contributed by atoms with Gasteiger partial charge in [-0.3, -0.25) is 0 Å². The van der Waals surface area contributed by atoms with E-state index < -0.39 is 5.82 Å². The second kappa shape index (κ2) is 7.85. The molecule has 0 aromatic heterocycles. The van der Waals surface area contributed by atoms with Gasteiger partial charge in [0.25, 0.3) is 0 Å². The molecule has 2 aromatic carbocycles. The number of halogens is 2. The molecule has 0 spiro atoms. The lowest BCUT2D eigenvalue weighted by molar-refractivity contribution is 0.108. The molecule has 1 N–H and O–H groups in total. The average Bonchev–Trinajstić information content (AvgIpc) is 2.63. The fourth-order valence-electron chi connectivity index (χ4n) is 3.05. The number of amides is 2. The third kappa shape index (κ3) is 4.30. The summed E-state index contributed by atoms with van der Waals surface area (Å²) in [5.41, 5.74) is 1.89. The minimum Gasteiger partial charge on any atom is -0.334 e. The first-order valence-electron chi connectivity index (χ1n) is 8.26. The average molecular weight is 362 g/mol. The van der Waals surface area contributed by atoms with Crippen molar-refractivity contribution in [3.8, 4) is 0 Å². The summed E-state index contributed by atoms with van der Waals surface area (Å²) in [7, 11) is 2.06. The molecule has 2 aromatic rings. The molecule has 3 rings (SSSR count). The number of hydrogen-bond donors (Lipinski definition) is 1. The number of urea groups is 1. The summed E-state index contributed by atoms with van der Waals surface area (Å²) >= 11 is 5.79. The van der Waals surface area contributed by atoms with Gasteiger partial charge in [0, 0.05) is 26.2 Å². The summed E-state index contributed by atoms with van der Waals surface area (Å²) in [6.07, 6.45) is 0. The molecule has 6 heteroatoms. The monoisotopic (exact) mass is 361 g/mol. The maximum absolute atomic E-state index is 13.2. The maximum atomic E-state index is 13.2. The van der Waals surface area contributed by atoms with Crippen LogP contribution in [-0.4, -0.2) is 42.5 Å². The van der Waals surface area contributed by atoms with Gasteiger partial charge in [-0.2, -0.15) is 0 Å². The number of benzene rings is 2. The normalized spacial score (nSPS) is 18.2. The molecule has 0 aliphatic carbocycles. The van der Waals surface area contributed by atoms with Gasteiger partial charge in [-0.15, -0.1) is 0 Å². The van der Waals surface area contributed by atoms with E-state index in [-0.39, 0.29) is 17.1 Å². The zero-order valence-corrected chi connectivity index (χ0v) is 14.8. The van der Waals surface area contributed by atoms with Crippen LogP contribution in [0, 0.1) is 5.82 Å². The van der Waals surface area contributed by atoms with Gasteiger partial charge in [0.05, 0.1) is 11.1 Å². The molecule has 0 radical (unpaired) electrons. The minimum absolute atomic E-state index is 0.0109. The molecule has 1 aliphatic heterocycles. The zero-order valence-electron chi connectivity index (χ0n) is 14.1. The number of piperazine rings is 1. The topological polar surface area (TPSA) is 35.6 Å². The van der Waals surface area contributed by atoms with Crippen LogP contribution < -0.4 is 5.32 Å². The number of carbonyl (C=O) groups is 1. The molecule has 1 saturated heterocycles. The van der Waals surface area contributed by atoms with Crippen molar-refractivity contribution in [1.82, 2.24) is 15.1 Å². The summed E-state index contributed by atoms with van der Waals surface area (Å²) in [4.78, 5) is 16.8. The highest BCUT2D eigenvalue weighted by molar-refractivity contribution is 6.30. The first kappa shape index (κ1) is 17.7. The van der Waals surface area contributed by atoms with Crippen LogP contribution in [0.2, 0.25) is 5.02 Å². The molecular weight excluding hydrogens is 341 g/mol. The van der Waals surface area contributed by atoms with E-state index in [9.17, 15) is 9.18 Å². The van der Waals surface area contributed by atoms with Gasteiger partial charge < -0.3 is 15.1 Å². The zero-order chi connectivity index (χ0) is 17.8. The first-order valence-corrected chi connectivity index (χ1v) is 8.64. The van der Waals surface area contributed by atoms with Crippen molar-refractivity contribution in [2.75, 3.05) is 26.7 Å². The Morgan fingerprint density at radius 3 is 2.72 bits per heavy atom. The van der Waals surface area contributed by atoms with Gasteiger partial charge in [0.2, 0.25) is 0 Å². The minimum atomic E-state index is -0.458. The maximum Gasteiger partial charge on any atom is 0.318 e. The molecule has 1 heterocycles. The highest BCUT2D eigenvalue weighted by Crippen LogP contribution is 2.25. The smallest absolute Gasteiger partial charge is 0.318 e. The van der Waals surface area contributed by atoms with Gasteiger partial charge >= 0.3 is 6.03 Å². The van der Waals surface area contributed by atoms with Crippen molar-refractivity contribution in [2.45, 2.75) is 12.6 Å². The molecule has 1 atom stereocenters. The van der Waals surface area contributed by atoms with Crippen LogP contribution in [0.4, 0.5) is 9.18 Å². The number of likely N-dealkylation sites (N-methyl/N-ethyl adjacent to an activating group) is 1. The predicted molar refractivity (Wildman–Crippen MR) is 97.0 cm³/mol. The van der Waals surface area contributed by atoms with Crippen LogP contribution in [0.1, 0.15) is 17.2 Å². The van der Waals surface area contributed by atoms with E-state index in [1.807, 2.05) is 35.2 Å². The Balaban J connectivity index is 1.69. The van der Waals surface area contributed by atoms with Crippen molar-refractivity contribution >= 4 is 17.6 Å². The molecule has 1 fully saturated rings. The Morgan fingerprint density at radius 1 is 1.24 bits per heavy atom. The van der Waals surface area contributed by atoms with E-state index in [1.165, 1.54) is 12.1 Å². The van der Waals surface area contributed by atoms with E-state index in [2.05, 4.69) is 17.3 Å². The fourth-order valence-corrected chi connectivity index (χ4v) is 3.25. The van der Waals surface area contributed by atoms with Crippen LogP contribution in [0.15, 0.2) is 48.5 Å². The van der Waals surface area contributed by atoms with Crippen molar-refractivity contribution in [1.29, 1.82) is 0 Å². The Kier molecular flexibility index (Phi) is 5.56. The molecule has 4 nitrogen and oxygen atoms in total. The second-order valence-corrected chi connectivity index (χ2v) is 6.70. The molecule has 132 valence electrons. The first-order chi connectivity index (χ1) is 12.0. The van der Waals surface area contributed by atoms with Crippen LogP contribution in [0.5, 0.6) is 0 Å². The molecular formula is C19H21ClFN3O. The van der Waals surface area contributed by atoms with Crippen LogP contribution in [0.25, 0.3) is 0 Å². The lowest BCUT2D eigenvalue weighted by Crippen LogP contribution is -2.52. The number of nitrogens with zero attached hydrogens (tertiary/aromatic N) is 2. The Morgan fingerprint density at radius 2 is 2.00 bits per heavy atom. The molecule has 0 saturated carbocycles. The third-order valence-electron chi connectivity index (χ3n) is 4.46. The van der Waals surface area contributed by atoms with E-state index in [0.717, 1.165) is 24.2 Å². The van der Waals surface area contributed by atoms with Crippen LogP contribution in [0.3, 0.4) is 0 Å². The third-order valence-corrected chi connectivity index (χ3v) is 4.75. The van der Waals surface area contributed by atoms with E-state index in [1.54, 1.807) is 6.07 Å². The quantitative estimate of drug-likeness (QED) is 0.905. The summed E-state index contributed by atoms with van der Waals surface area (Å²) in [6.45, 7) is 2.59. The van der Waals surface area contributed by atoms with E-state index >= 15 is 0 Å². The largest absolute Gasteiger partial charge is 0.334 e. The van der Waals surface area contributed by atoms with Crippen molar-refractivity contribution in [3.63, 3.8) is 0 Å². The van der Waals surface area contributed by atoms with Crippen LogP contribution in [-0.2, 0) is 6.54 Å². The van der Waals surface area contributed by atoms with E-state index in [0.29, 0.717) is 13.1 Å². The van der Waals surface area contributed by atoms with Crippen molar-refractivity contribution in [3.05, 3.63) is 70.5 Å². The molecule has 1 aliphatic rings. The standard InChI is InChI=1S/C19H21ClFN3O/c1-23-9-10-24(18(13-23)15-5-3-2-4-6-15)19(25)22-12-14-7-8-17(21)16(20)11-14/h2-8,11,18H,9-10,12-13H2,1H3,(H,22,25). The van der Waals surface area contributed by atoms with Crippen molar-refractivity contribution in [2.24, 2.45) is 0 Å². The number of carbonyl (C=O) groups excluding carboxylic acids is 1. The SMILES string of the molecule is CN1CCN(C(=O)NCc2ccc(F)c(Cl)c2)C(c2ccccc2)C1. The lowest BCUT2D eigenvalue weighted by atomic mass is 10.0. The van der Waals surface area contributed by atoms with Gasteiger partial charge in [0.1, 0.15) is 5.82 Å². The summed E-state index contributed by atoms with van der Waals surface area (Å²) < 4.78 is 13.2. The van der Waals surface area contributed by atoms with Gasteiger partial charge in [-0.25, -0.2) is 9.18 Å². The predicted octanol–water partition coefficient (Wildman–Crippen LogP) is 3.68. The summed E-state index contributed by atoms with van der Waals surface area (Å²) in [6, 6.07) is 14.4. The van der Waals surface area contributed by atoms with Gasteiger partial charge in [-0.05, 0) is 30.3 Å². The van der Waals surface area contributed by atoms with Crippen molar-refractivity contribution < 1.29 is 9.18 Å². The van der Waals surface area contributed by atoms with Gasteiger partial charge in [0.15, 0.2) is 0 Å². The Hall–Kier alpha value is -2.11. The number of rotatable bonds is 3. The highest BCUT2D eigenvalue weighted by Gasteiger charge is 2.30. The summed E-state index contributed by atoms with van der Waals surface area (Å²) in [5, 5.41) is 2.98. The number of nitrogens with one attached hydrogen (secondary N) is 1. The molecule has 1 unspecified atom stereocenters. The van der Waals surface area contributed by atoms with Crippen LogP contribution >= 0.6 is 11.6 Å². The molecule has 0 bridgehead atoms. The highest BCUT2D eigenvalue weighted by atomic mass is 35.5. The Bertz CT molecular complexity index is 741. The fraction of sp³-hybridized carbons (Fsp3) is 0.316. The van der Waals surface area contributed by atoms with E-state index in [4.69, 9.17) is 11.6 Å².